The molecule has 3 rings (SSSR count). The molecule has 0 saturated heterocycles. The largest absolute Gasteiger partial charge is 0.497 e. The van der Waals surface area contributed by atoms with Gasteiger partial charge in [0.2, 0.25) is 0 Å². The number of nitro benzene ring substituents is 1. The van der Waals surface area contributed by atoms with Crippen LogP contribution in [-0.4, -0.2) is 22.5 Å². The lowest BCUT2D eigenvalue weighted by molar-refractivity contribution is -0.384. The number of aromatic nitrogens is 1. The van der Waals surface area contributed by atoms with E-state index in [4.69, 9.17) is 16.3 Å². The van der Waals surface area contributed by atoms with Crippen LogP contribution in [0.5, 0.6) is 5.75 Å². The summed E-state index contributed by atoms with van der Waals surface area (Å²) in [5.74, 6) is 0.110. The van der Waals surface area contributed by atoms with Gasteiger partial charge in [0.05, 0.1) is 12.0 Å². The summed E-state index contributed by atoms with van der Waals surface area (Å²) in [6, 6.07) is 15.0. The van der Waals surface area contributed by atoms with E-state index in [2.05, 4.69) is 5.32 Å². The second-order valence-corrected chi connectivity index (χ2v) is 7.31. The average Bonchev–Trinajstić information content (AvgIpc) is 3.04. The van der Waals surface area contributed by atoms with Crippen LogP contribution in [0.25, 0.3) is 11.8 Å². The highest BCUT2D eigenvalue weighted by atomic mass is 35.5. The van der Waals surface area contributed by atoms with Gasteiger partial charge in [0.25, 0.3) is 11.6 Å². The molecule has 0 fully saturated rings. The van der Waals surface area contributed by atoms with Gasteiger partial charge in [0.1, 0.15) is 22.4 Å². The van der Waals surface area contributed by atoms with Gasteiger partial charge in [-0.3, -0.25) is 14.9 Å². The van der Waals surface area contributed by atoms with Crippen LogP contribution >= 0.6 is 11.6 Å². The number of nitro groups is 1. The number of carbonyl (C=O) groups is 1. The fourth-order valence-electron chi connectivity index (χ4n) is 3.29. The van der Waals surface area contributed by atoms with E-state index < -0.39 is 10.8 Å². The lowest BCUT2D eigenvalue weighted by Gasteiger charge is -2.10. The number of anilines is 1. The first-order valence-electron chi connectivity index (χ1n) is 9.45. The van der Waals surface area contributed by atoms with E-state index in [0.29, 0.717) is 22.7 Å². The number of nitrogens with one attached hydrogen (secondary N) is 1. The fraction of sp³-hybridized carbons (Fsp3) is 0.130. The summed E-state index contributed by atoms with van der Waals surface area (Å²) in [6.07, 6.45) is 1.50. The molecular weight excluding hydrogens is 432 g/mol. The van der Waals surface area contributed by atoms with Crippen LogP contribution in [-0.2, 0) is 4.79 Å². The van der Waals surface area contributed by atoms with E-state index in [9.17, 15) is 20.2 Å². The highest BCUT2D eigenvalue weighted by Gasteiger charge is 2.17. The van der Waals surface area contributed by atoms with Crippen LogP contribution < -0.4 is 10.1 Å². The third kappa shape index (κ3) is 4.63. The molecule has 1 aromatic heterocycles. The maximum Gasteiger partial charge on any atom is 0.288 e. The Labute approximate surface area is 189 Å². The van der Waals surface area contributed by atoms with Gasteiger partial charge in [-0.2, -0.15) is 5.26 Å². The molecule has 1 heterocycles. The lowest BCUT2D eigenvalue weighted by Crippen LogP contribution is -2.13. The molecule has 1 amide bonds. The number of aryl methyl sites for hydroxylation is 1. The minimum Gasteiger partial charge on any atom is -0.497 e. The molecule has 0 aliphatic heterocycles. The number of hydrogen-bond donors (Lipinski definition) is 1. The molecule has 0 bridgehead atoms. The summed E-state index contributed by atoms with van der Waals surface area (Å²) in [7, 11) is 1.55. The Balaban J connectivity index is 1.92. The Morgan fingerprint density at radius 3 is 2.47 bits per heavy atom. The third-order valence-corrected chi connectivity index (χ3v) is 5.17. The topological polar surface area (TPSA) is 110 Å². The standard InChI is InChI=1S/C23H19ClN4O4/c1-14-10-16(15(2)27(14)19-6-9-22(28(30)31)21(24)12-19)11-17(13-25)23(29)26-18-4-7-20(32-3)8-5-18/h4-12H,1-3H3,(H,26,29)/b17-11-. The molecule has 0 unspecified atom stereocenters. The van der Waals surface area contributed by atoms with E-state index in [1.165, 1.54) is 18.2 Å². The number of hydrogen-bond acceptors (Lipinski definition) is 5. The average molecular weight is 451 g/mol. The first-order chi connectivity index (χ1) is 15.2. The van der Waals surface area contributed by atoms with E-state index in [-0.39, 0.29) is 16.3 Å². The van der Waals surface area contributed by atoms with Crippen molar-refractivity contribution in [2.24, 2.45) is 0 Å². The van der Waals surface area contributed by atoms with E-state index in [1.807, 2.05) is 30.6 Å². The zero-order valence-corrected chi connectivity index (χ0v) is 18.3. The second kappa shape index (κ2) is 9.37. The number of carbonyl (C=O) groups excluding carboxylic acids is 1. The van der Waals surface area contributed by atoms with Crippen LogP contribution in [0.1, 0.15) is 17.0 Å². The quantitative estimate of drug-likeness (QED) is 0.240. The van der Waals surface area contributed by atoms with Gasteiger partial charge < -0.3 is 14.6 Å². The summed E-state index contributed by atoms with van der Waals surface area (Å²) < 4.78 is 6.94. The fourth-order valence-corrected chi connectivity index (χ4v) is 3.53. The van der Waals surface area contributed by atoms with E-state index >= 15 is 0 Å². The lowest BCUT2D eigenvalue weighted by atomic mass is 10.1. The van der Waals surface area contributed by atoms with Crippen LogP contribution in [0.4, 0.5) is 11.4 Å². The molecule has 0 aliphatic rings. The normalized spacial score (nSPS) is 11.0. The second-order valence-electron chi connectivity index (χ2n) is 6.91. The highest BCUT2D eigenvalue weighted by Crippen LogP contribution is 2.30. The maximum atomic E-state index is 12.6. The Hall–Kier alpha value is -4.09. The first-order valence-corrected chi connectivity index (χ1v) is 9.83. The predicted molar refractivity (Wildman–Crippen MR) is 122 cm³/mol. The third-order valence-electron chi connectivity index (χ3n) is 4.87. The van der Waals surface area contributed by atoms with Crippen molar-refractivity contribution in [2.75, 3.05) is 12.4 Å². The van der Waals surface area contributed by atoms with Gasteiger partial charge in [-0.15, -0.1) is 0 Å². The zero-order chi connectivity index (χ0) is 23.4. The Morgan fingerprint density at radius 1 is 1.22 bits per heavy atom. The number of benzene rings is 2. The highest BCUT2D eigenvalue weighted by molar-refractivity contribution is 6.32. The maximum absolute atomic E-state index is 12.6. The number of amides is 1. The van der Waals surface area contributed by atoms with Crippen molar-refractivity contribution in [3.05, 3.63) is 86.2 Å². The van der Waals surface area contributed by atoms with E-state index in [1.54, 1.807) is 37.4 Å². The van der Waals surface area contributed by atoms with Crippen molar-refractivity contribution in [1.82, 2.24) is 4.57 Å². The van der Waals surface area contributed by atoms with Crippen molar-refractivity contribution >= 4 is 35.0 Å². The number of methoxy groups -OCH3 is 1. The molecule has 3 aromatic rings. The van der Waals surface area contributed by atoms with Crippen molar-refractivity contribution in [1.29, 1.82) is 5.26 Å². The Bertz CT molecular complexity index is 1270. The number of ether oxygens (including phenoxy) is 1. The Morgan fingerprint density at radius 2 is 1.91 bits per heavy atom. The van der Waals surface area contributed by atoms with Crippen molar-refractivity contribution in [3.8, 4) is 17.5 Å². The van der Waals surface area contributed by atoms with Crippen LogP contribution in [0.3, 0.4) is 0 Å². The van der Waals surface area contributed by atoms with Gasteiger partial charge >= 0.3 is 0 Å². The van der Waals surface area contributed by atoms with Crippen molar-refractivity contribution in [3.63, 3.8) is 0 Å². The molecule has 2 aromatic carbocycles. The minimum atomic E-state index is -0.545. The summed E-state index contributed by atoms with van der Waals surface area (Å²) >= 11 is 6.06. The minimum absolute atomic E-state index is 0.0219. The van der Waals surface area contributed by atoms with Crippen LogP contribution in [0.15, 0.2) is 54.1 Å². The SMILES string of the molecule is COc1ccc(NC(=O)/C(C#N)=C\c2cc(C)n(-c3ccc([N+](=O)[O-])c(Cl)c3)c2C)cc1. The number of nitriles is 1. The Kier molecular flexibility index (Phi) is 6.61. The van der Waals surface area contributed by atoms with Crippen LogP contribution in [0, 0.1) is 35.3 Å². The molecule has 1 N–H and O–H groups in total. The summed E-state index contributed by atoms with van der Waals surface area (Å²) in [4.78, 5) is 23.1. The number of halogens is 1. The van der Waals surface area contributed by atoms with Gasteiger partial charge in [0.15, 0.2) is 0 Å². The van der Waals surface area contributed by atoms with E-state index in [0.717, 1.165) is 11.4 Å². The van der Waals surface area contributed by atoms with Gasteiger partial charge in [0, 0.05) is 28.8 Å². The van der Waals surface area contributed by atoms with Gasteiger partial charge in [-0.25, -0.2) is 0 Å². The molecular formula is C23H19ClN4O4. The molecule has 32 heavy (non-hydrogen) atoms. The monoisotopic (exact) mass is 450 g/mol. The molecule has 0 spiro atoms. The molecule has 8 nitrogen and oxygen atoms in total. The van der Waals surface area contributed by atoms with Gasteiger partial charge in [-0.1, -0.05) is 11.6 Å². The zero-order valence-electron chi connectivity index (χ0n) is 17.5. The predicted octanol–water partition coefficient (Wildman–Crippen LogP) is 5.21. The summed E-state index contributed by atoms with van der Waals surface area (Å²) in [5, 5.41) is 23.3. The molecule has 0 radical (unpaired) electrons. The van der Waals surface area contributed by atoms with Crippen molar-refractivity contribution < 1.29 is 14.5 Å². The molecule has 0 aliphatic carbocycles. The molecule has 162 valence electrons. The molecule has 0 atom stereocenters. The number of rotatable bonds is 6. The van der Waals surface area contributed by atoms with Gasteiger partial charge in [-0.05, 0) is 68.0 Å². The number of nitrogens with zero attached hydrogens (tertiary/aromatic N) is 3. The summed E-state index contributed by atoms with van der Waals surface area (Å²) in [5.41, 5.74) is 3.14. The van der Waals surface area contributed by atoms with Crippen molar-refractivity contribution in [2.45, 2.75) is 13.8 Å². The first kappa shape index (κ1) is 22.6. The van der Waals surface area contributed by atoms with Crippen LogP contribution in [0.2, 0.25) is 5.02 Å². The smallest absolute Gasteiger partial charge is 0.288 e. The molecule has 0 saturated carbocycles. The molecule has 9 heteroatoms. The summed E-state index contributed by atoms with van der Waals surface area (Å²) in [6.45, 7) is 3.67.